The van der Waals surface area contributed by atoms with Crippen molar-refractivity contribution >= 4 is 11.9 Å². The van der Waals surface area contributed by atoms with Crippen LogP contribution in [0, 0.1) is 23.7 Å². The lowest BCUT2D eigenvalue weighted by atomic mass is 9.59. The molecule has 2 fully saturated rings. The molecule has 1 aromatic rings. The second-order valence-corrected chi connectivity index (χ2v) is 10.5. The highest BCUT2D eigenvalue weighted by molar-refractivity contribution is 5.94. The molecule has 188 valence electrons. The van der Waals surface area contributed by atoms with E-state index in [9.17, 15) is 19.8 Å². The molecule has 1 aromatic carbocycles. The smallest absolute Gasteiger partial charge is 0.331 e. The number of amides is 1. The summed E-state index contributed by atoms with van der Waals surface area (Å²) >= 11 is 0. The fraction of sp³-hybridized carbons (Fsp3) is 0.517. The van der Waals surface area contributed by atoms with E-state index in [1.165, 1.54) is 12.2 Å². The van der Waals surface area contributed by atoms with Crippen LogP contribution in [0.3, 0.4) is 0 Å². The summed E-state index contributed by atoms with van der Waals surface area (Å²) in [6.45, 7) is 8.27. The van der Waals surface area contributed by atoms with Crippen LogP contribution in [0.1, 0.15) is 45.1 Å². The summed E-state index contributed by atoms with van der Waals surface area (Å²) in [7, 11) is 0. The van der Waals surface area contributed by atoms with E-state index in [0.29, 0.717) is 24.3 Å². The molecule has 1 unspecified atom stereocenters. The molecule has 1 spiro atoms. The van der Waals surface area contributed by atoms with E-state index in [1.807, 2.05) is 49.4 Å². The number of hydrogen-bond donors (Lipinski definition) is 3. The Labute approximate surface area is 207 Å². The van der Waals surface area contributed by atoms with Crippen molar-refractivity contribution < 1.29 is 24.5 Å². The zero-order valence-electron chi connectivity index (χ0n) is 20.6. The number of carbonyl (C=O) groups is 2. The summed E-state index contributed by atoms with van der Waals surface area (Å²) in [5.41, 5.74) is 0.136. The van der Waals surface area contributed by atoms with Crippen molar-refractivity contribution in [3.63, 3.8) is 0 Å². The van der Waals surface area contributed by atoms with E-state index in [4.69, 9.17) is 4.74 Å². The summed E-state index contributed by atoms with van der Waals surface area (Å²) in [5.74, 6) is -2.13. The van der Waals surface area contributed by atoms with E-state index < -0.39 is 35.6 Å². The minimum absolute atomic E-state index is 0.262. The highest BCUT2D eigenvalue weighted by atomic mass is 16.6. The normalized spacial score (nSPS) is 40.0. The van der Waals surface area contributed by atoms with Crippen LogP contribution in [0.15, 0.2) is 66.8 Å². The SMILES string of the molecule is C=C1[C@@H](C)[C@H]2C(Cc3ccccc3)NC(=O)[C@]23OC(=O)/C=C/[C@H](O)CCC[C@@H](C)C/C=C/[C@H]3[C@@H]1O. The Morgan fingerprint density at radius 1 is 1.11 bits per heavy atom. The summed E-state index contributed by atoms with van der Waals surface area (Å²) in [4.78, 5) is 26.8. The predicted octanol–water partition coefficient (Wildman–Crippen LogP) is 3.49. The molecule has 1 aliphatic carbocycles. The van der Waals surface area contributed by atoms with Gasteiger partial charge in [-0.1, -0.05) is 75.8 Å². The highest BCUT2D eigenvalue weighted by Crippen LogP contribution is 2.52. The van der Waals surface area contributed by atoms with Gasteiger partial charge in [0.1, 0.15) is 0 Å². The lowest BCUT2D eigenvalue weighted by Crippen LogP contribution is -2.61. The monoisotopic (exact) mass is 479 g/mol. The number of benzene rings is 1. The number of nitrogens with one attached hydrogen (secondary N) is 1. The summed E-state index contributed by atoms with van der Waals surface area (Å²) < 4.78 is 6.05. The highest BCUT2D eigenvalue weighted by Gasteiger charge is 2.67. The number of aliphatic hydroxyl groups excluding tert-OH is 2. The first kappa shape index (κ1) is 25.4. The quantitative estimate of drug-likeness (QED) is 0.446. The first-order chi connectivity index (χ1) is 16.7. The zero-order chi connectivity index (χ0) is 25.2. The zero-order valence-corrected chi connectivity index (χ0v) is 20.6. The molecule has 2 aliphatic heterocycles. The van der Waals surface area contributed by atoms with Crippen molar-refractivity contribution in [2.45, 2.75) is 69.8 Å². The van der Waals surface area contributed by atoms with Gasteiger partial charge in [-0.2, -0.15) is 0 Å². The number of hydrogen-bond acceptors (Lipinski definition) is 5. The summed E-state index contributed by atoms with van der Waals surface area (Å²) in [5, 5.41) is 24.7. The van der Waals surface area contributed by atoms with Crippen molar-refractivity contribution in [2.24, 2.45) is 23.7 Å². The van der Waals surface area contributed by atoms with Gasteiger partial charge in [0.15, 0.2) is 0 Å². The van der Waals surface area contributed by atoms with Gasteiger partial charge in [-0.25, -0.2) is 4.79 Å². The second-order valence-electron chi connectivity index (χ2n) is 10.5. The van der Waals surface area contributed by atoms with Gasteiger partial charge in [0.05, 0.1) is 18.1 Å². The van der Waals surface area contributed by atoms with E-state index >= 15 is 0 Å². The van der Waals surface area contributed by atoms with Crippen LogP contribution in [-0.2, 0) is 20.7 Å². The van der Waals surface area contributed by atoms with Crippen molar-refractivity contribution in [1.29, 1.82) is 0 Å². The Morgan fingerprint density at radius 3 is 2.60 bits per heavy atom. The Balaban J connectivity index is 1.78. The minimum atomic E-state index is -1.57. The first-order valence-corrected chi connectivity index (χ1v) is 12.7. The molecule has 0 aromatic heterocycles. The minimum Gasteiger partial charge on any atom is -0.445 e. The third-order valence-corrected chi connectivity index (χ3v) is 8.04. The Hall–Kier alpha value is -2.70. The molecule has 6 nitrogen and oxygen atoms in total. The molecule has 6 heteroatoms. The molecule has 3 N–H and O–H groups in total. The van der Waals surface area contributed by atoms with Crippen LogP contribution < -0.4 is 5.32 Å². The lowest BCUT2D eigenvalue weighted by molar-refractivity contribution is -0.182. The van der Waals surface area contributed by atoms with Gasteiger partial charge < -0.3 is 20.3 Å². The molecule has 4 rings (SSSR count). The van der Waals surface area contributed by atoms with Gasteiger partial charge in [-0.3, -0.25) is 4.79 Å². The first-order valence-electron chi connectivity index (χ1n) is 12.7. The predicted molar refractivity (Wildman–Crippen MR) is 134 cm³/mol. The Bertz CT molecular complexity index is 1000. The fourth-order valence-corrected chi connectivity index (χ4v) is 6.09. The average molecular weight is 480 g/mol. The maximum Gasteiger partial charge on any atom is 0.331 e. The van der Waals surface area contributed by atoms with Crippen LogP contribution in [0.25, 0.3) is 0 Å². The number of ether oxygens (including phenoxy) is 1. The number of rotatable bonds is 2. The number of allylic oxidation sites excluding steroid dienone is 1. The molecule has 2 heterocycles. The van der Waals surface area contributed by atoms with Gasteiger partial charge in [0.2, 0.25) is 5.60 Å². The molecule has 8 atom stereocenters. The number of aliphatic hydroxyl groups is 2. The third-order valence-electron chi connectivity index (χ3n) is 8.04. The molecule has 35 heavy (non-hydrogen) atoms. The van der Waals surface area contributed by atoms with Crippen molar-refractivity contribution in [2.75, 3.05) is 0 Å². The fourth-order valence-electron chi connectivity index (χ4n) is 6.09. The molecule has 0 radical (unpaired) electrons. The molecular formula is C29H37NO5. The van der Waals surface area contributed by atoms with Gasteiger partial charge >= 0.3 is 5.97 Å². The summed E-state index contributed by atoms with van der Waals surface area (Å²) in [6.07, 6.45) is 8.39. The van der Waals surface area contributed by atoms with Crippen LogP contribution in [0.2, 0.25) is 0 Å². The van der Waals surface area contributed by atoms with Crippen LogP contribution in [-0.4, -0.2) is 45.9 Å². The molecule has 1 saturated heterocycles. The molecule has 0 bridgehead atoms. The van der Waals surface area contributed by atoms with Crippen molar-refractivity contribution in [1.82, 2.24) is 5.32 Å². The molecule has 1 saturated carbocycles. The molecule has 1 amide bonds. The largest absolute Gasteiger partial charge is 0.445 e. The topological polar surface area (TPSA) is 95.9 Å². The lowest BCUT2D eigenvalue weighted by Gasteiger charge is -2.49. The van der Waals surface area contributed by atoms with Gasteiger partial charge in [0, 0.05) is 18.0 Å². The maximum atomic E-state index is 13.7. The third kappa shape index (κ3) is 5.00. The summed E-state index contributed by atoms with van der Waals surface area (Å²) in [6, 6.07) is 9.59. The average Bonchev–Trinajstić information content (AvgIpc) is 3.09. The van der Waals surface area contributed by atoms with Gasteiger partial charge in [0.25, 0.3) is 5.91 Å². The van der Waals surface area contributed by atoms with Crippen LogP contribution in [0.4, 0.5) is 0 Å². The van der Waals surface area contributed by atoms with Gasteiger partial charge in [-0.05, 0) is 48.3 Å². The second kappa shape index (κ2) is 10.5. The standard InChI is InChI=1S/C29H37NO5/c1-18-9-7-13-22(31)15-16-25(32)35-29-23(14-8-10-18)27(33)20(3)19(2)26(29)24(30-28(29)34)17-21-11-5-4-6-12-21/h4-6,8,11-12,14-16,18-19,22-24,26-27,31,33H,3,7,9-10,13,17H2,1-2H3,(H,30,34)/b14-8+,16-15+/t18-,19-,22-,23+,24?,26+,27-,29-/m1/s1. The van der Waals surface area contributed by atoms with Crippen molar-refractivity contribution in [3.05, 3.63) is 72.4 Å². The van der Waals surface area contributed by atoms with Crippen LogP contribution >= 0.6 is 0 Å². The van der Waals surface area contributed by atoms with E-state index in [1.54, 1.807) is 0 Å². The molecule has 3 aliphatic rings. The van der Waals surface area contributed by atoms with Crippen molar-refractivity contribution in [3.8, 4) is 0 Å². The van der Waals surface area contributed by atoms with Gasteiger partial charge in [-0.15, -0.1) is 0 Å². The Morgan fingerprint density at radius 2 is 1.86 bits per heavy atom. The number of carbonyl (C=O) groups excluding carboxylic acids is 2. The van der Waals surface area contributed by atoms with Crippen LogP contribution in [0.5, 0.6) is 0 Å². The molecular weight excluding hydrogens is 442 g/mol. The van der Waals surface area contributed by atoms with E-state index in [-0.39, 0.29) is 17.9 Å². The van der Waals surface area contributed by atoms with E-state index in [2.05, 4.69) is 18.8 Å². The maximum absolute atomic E-state index is 13.7. The Kier molecular flexibility index (Phi) is 7.62. The van der Waals surface area contributed by atoms with E-state index in [0.717, 1.165) is 24.8 Å². The number of esters is 1.